The van der Waals surface area contributed by atoms with Gasteiger partial charge in [-0.1, -0.05) is 5.16 Å². The van der Waals surface area contributed by atoms with Gasteiger partial charge in [0, 0.05) is 19.4 Å². The van der Waals surface area contributed by atoms with Crippen LogP contribution < -0.4 is 5.32 Å². The summed E-state index contributed by atoms with van der Waals surface area (Å²) in [5, 5.41) is 15.3. The molecular formula is C10H17N3O3. The van der Waals surface area contributed by atoms with Gasteiger partial charge in [-0.2, -0.15) is 4.98 Å². The molecule has 0 aliphatic rings. The predicted octanol–water partition coefficient (Wildman–Crippen LogP) is 0.765. The van der Waals surface area contributed by atoms with E-state index in [1.54, 1.807) is 6.92 Å². The molecular weight excluding hydrogens is 210 g/mol. The van der Waals surface area contributed by atoms with Crippen molar-refractivity contribution in [3.63, 3.8) is 0 Å². The van der Waals surface area contributed by atoms with Crippen LogP contribution in [0.15, 0.2) is 4.52 Å². The molecule has 90 valence electrons. The number of nitrogens with one attached hydrogen (secondary N) is 1. The maximum absolute atomic E-state index is 10.2. The molecule has 1 rings (SSSR count). The molecule has 0 fully saturated rings. The third-order valence-electron chi connectivity index (χ3n) is 2.08. The second kappa shape index (κ2) is 6.95. The second-order valence-electron chi connectivity index (χ2n) is 3.59. The topological polar surface area (TPSA) is 88.2 Å². The van der Waals surface area contributed by atoms with E-state index in [4.69, 9.17) is 9.63 Å². The van der Waals surface area contributed by atoms with E-state index in [9.17, 15) is 4.79 Å². The Morgan fingerprint density at radius 1 is 1.44 bits per heavy atom. The standard InChI is InChI=1S/C10H17N3O3/c1-8-12-9(16-13-8)5-7-11-6-3-2-4-10(14)15/h11H,2-7H2,1H3,(H,14,15). The van der Waals surface area contributed by atoms with Crippen molar-refractivity contribution in [2.24, 2.45) is 0 Å². The lowest BCUT2D eigenvalue weighted by Gasteiger charge is -2.01. The first-order valence-electron chi connectivity index (χ1n) is 5.40. The van der Waals surface area contributed by atoms with Crippen LogP contribution in [0.2, 0.25) is 0 Å². The maximum Gasteiger partial charge on any atom is 0.303 e. The van der Waals surface area contributed by atoms with Crippen LogP contribution in [0.25, 0.3) is 0 Å². The molecule has 1 heterocycles. The largest absolute Gasteiger partial charge is 0.481 e. The molecule has 6 nitrogen and oxygen atoms in total. The molecule has 0 aliphatic heterocycles. The minimum atomic E-state index is -0.735. The number of aromatic nitrogens is 2. The van der Waals surface area contributed by atoms with Crippen LogP contribution in [0, 0.1) is 6.92 Å². The van der Waals surface area contributed by atoms with Crippen molar-refractivity contribution < 1.29 is 14.4 Å². The fourth-order valence-corrected chi connectivity index (χ4v) is 1.29. The normalized spacial score (nSPS) is 10.6. The highest BCUT2D eigenvalue weighted by molar-refractivity contribution is 5.66. The van der Waals surface area contributed by atoms with Gasteiger partial charge in [0.1, 0.15) is 0 Å². The number of carbonyl (C=O) groups is 1. The number of hydrogen-bond acceptors (Lipinski definition) is 5. The summed E-state index contributed by atoms with van der Waals surface area (Å²) in [5.74, 6) is 0.549. The van der Waals surface area contributed by atoms with E-state index in [1.807, 2.05) is 0 Å². The quantitative estimate of drug-likeness (QED) is 0.637. The van der Waals surface area contributed by atoms with Crippen molar-refractivity contribution in [3.8, 4) is 0 Å². The minimum absolute atomic E-state index is 0.241. The van der Waals surface area contributed by atoms with Crippen LogP contribution in [0.5, 0.6) is 0 Å². The molecule has 0 aromatic carbocycles. The average Bonchev–Trinajstić information content (AvgIpc) is 2.62. The van der Waals surface area contributed by atoms with Gasteiger partial charge < -0.3 is 14.9 Å². The lowest BCUT2D eigenvalue weighted by atomic mass is 10.2. The van der Waals surface area contributed by atoms with Gasteiger partial charge >= 0.3 is 5.97 Å². The zero-order valence-corrected chi connectivity index (χ0v) is 9.40. The number of carboxylic acid groups (broad SMARTS) is 1. The van der Waals surface area contributed by atoms with Gasteiger partial charge in [-0.05, 0) is 26.3 Å². The van der Waals surface area contributed by atoms with Gasteiger partial charge in [-0.15, -0.1) is 0 Å². The number of carboxylic acids is 1. The van der Waals surface area contributed by atoms with Gasteiger partial charge in [-0.25, -0.2) is 0 Å². The van der Waals surface area contributed by atoms with E-state index in [-0.39, 0.29) is 6.42 Å². The van der Waals surface area contributed by atoms with Gasteiger partial charge in [0.25, 0.3) is 0 Å². The smallest absolute Gasteiger partial charge is 0.303 e. The predicted molar refractivity (Wildman–Crippen MR) is 57.1 cm³/mol. The monoisotopic (exact) mass is 227 g/mol. The molecule has 0 bridgehead atoms. The summed E-state index contributed by atoms with van der Waals surface area (Å²) in [6.45, 7) is 3.38. The summed E-state index contributed by atoms with van der Waals surface area (Å²) in [6, 6.07) is 0. The lowest BCUT2D eigenvalue weighted by Crippen LogP contribution is -2.18. The third kappa shape index (κ3) is 5.45. The van der Waals surface area contributed by atoms with Crippen molar-refractivity contribution in [1.82, 2.24) is 15.5 Å². The van der Waals surface area contributed by atoms with E-state index in [0.29, 0.717) is 24.6 Å². The molecule has 2 N–H and O–H groups in total. The number of aliphatic carboxylic acids is 1. The van der Waals surface area contributed by atoms with Crippen LogP contribution in [0.4, 0.5) is 0 Å². The molecule has 0 saturated carbocycles. The third-order valence-corrected chi connectivity index (χ3v) is 2.08. The van der Waals surface area contributed by atoms with E-state index in [1.165, 1.54) is 0 Å². The summed E-state index contributed by atoms with van der Waals surface area (Å²) >= 11 is 0. The Labute approximate surface area is 94.0 Å². The molecule has 16 heavy (non-hydrogen) atoms. The van der Waals surface area contributed by atoms with E-state index in [0.717, 1.165) is 19.5 Å². The second-order valence-corrected chi connectivity index (χ2v) is 3.59. The van der Waals surface area contributed by atoms with Crippen LogP contribution >= 0.6 is 0 Å². The minimum Gasteiger partial charge on any atom is -0.481 e. The number of nitrogens with zero attached hydrogens (tertiary/aromatic N) is 2. The van der Waals surface area contributed by atoms with Crippen LogP contribution in [0.3, 0.4) is 0 Å². The molecule has 0 atom stereocenters. The van der Waals surface area contributed by atoms with Gasteiger partial charge in [0.15, 0.2) is 5.82 Å². The first-order valence-corrected chi connectivity index (χ1v) is 5.40. The highest BCUT2D eigenvalue weighted by Gasteiger charge is 2.01. The highest BCUT2D eigenvalue weighted by Crippen LogP contribution is 1.96. The Hall–Kier alpha value is -1.43. The Bertz CT molecular complexity index is 325. The molecule has 0 aliphatic carbocycles. The summed E-state index contributed by atoms with van der Waals surface area (Å²) in [5.41, 5.74) is 0. The Balaban J connectivity index is 1.94. The average molecular weight is 227 g/mol. The first-order chi connectivity index (χ1) is 7.68. The zero-order valence-electron chi connectivity index (χ0n) is 9.40. The number of unbranched alkanes of at least 4 members (excludes halogenated alkanes) is 1. The molecule has 0 unspecified atom stereocenters. The Kier molecular flexibility index (Phi) is 5.49. The molecule has 0 spiro atoms. The van der Waals surface area contributed by atoms with Crippen molar-refractivity contribution in [1.29, 1.82) is 0 Å². The highest BCUT2D eigenvalue weighted by atomic mass is 16.5. The molecule has 1 aromatic rings. The summed E-state index contributed by atoms with van der Waals surface area (Å²) in [6.07, 6.45) is 2.53. The van der Waals surface area contributed by atoms with Crippen LogP contribution in [0.1, 0.15) is 31.0 Å². The van der Waals surface area contributed by atoms with Crippen molar-refractivity contribution >= 4 is 5.97 Å². The zero-order chi connectivity index (χ0) is 11.8. The lowest BCUT2D eigenvalue weighted by molar-refractivity contribution is -0.137. The van der Waals surface area contributed by atoms with Gasteiger partial charge in [0.05, 0.1) is 0 Å². The van der Waals surface area contributed by atoms with Gasteiger partial charge in [0.2, 0.25) is 5.89 Å². The Morgan fingerprint density at radius 2 is 2.25 bits per heavy atom. The Morgan fingerprint density at radius 3 is 2.88 bits per heavy atom. The molecule has 1 aromatic heterocycles. The van der Waals surface area contributed by atoms with Crippen LogP contribution in [-0.4, -0.2) is 34.3 Å². The van der Waals surface area contributed by atoms with Crippen LogP contribution in [-0.2, 0) is 11.2 Å². The number of rotatable bonds is 8. The number of aryl methyl sites for hydroxylation is 1. The fraction of sp³-hybridized carbons (Fsp3) is 0.700. The van der Waals surface area contributed by atoms with Crippen molar-refractivity contribution in [3.05, 3.63) is 11.7 Å². The van der Waals surface area contributed by atoms with E-state index in [2.05, 4.69) is 15.5 Å². The number of hydrogen-bond donors (Lipinski definition) is 2. The van der Waals surface area contributed by atoms with Crippen molar-refractivity contribution in [2.45, 2.75) is 32.6 Å². The molecule has 0 amide bonds. The van der Waals surface area contributed by atoms with Gasteiger partial charge in [-0.3, -0.25) is 4.79 Å². The maximum atomic E-state index is 10.2. The van der Waals surface area contributed by atoms with Crippen molar-refractivity contribution in [2.75, 3.05) is 13.1 Å². The first kappa shape index (κ1) is 12.6. The summed E-state index contributed by atoms with van der Waals surface area (Å²) < 4.78 is 4.94. The van der Waals surface area contributed by atoms with E-state index >= 15 is 0 Å². The molecule has 0 radical (unpaired) electrons. The molecule has 6 heteroatoms. The fourth-order valence-electron chi connectivity index (χ4n) is 1.29. The molecule has 0 saturated heterocycles. The summed E-state index contributed by atoms with van der Waals surface area (Å²) in [4.78, 5) is 14.3. The van der Waals surface area contributed by atoms with E-state index < -0.39 is 5.97 Å². The summed E-state index contributed by atoms with van der Waals surface area (Å²) in [7, 11) is 0. The SMILES string of the molecule is Cc1noc(CCNCCCCC(=O)O)n1.